The summed E-state index contributed by atoms with van der Waals surface area (Å²) >= 11 is 0. The molecule has 0 saturated heterocycles. The summed E-state index contributed by atoms with van der Waals surface area (Å²) in [5.41, 5.74) is 4.47. The quantitative estimate of drug-likeness (QED) is 0.725. The maximum absolute atomic E-state index is 13.0. The van der Waals surface area contributed by atoms with Crippen molar-refractivity contribution >= 4 is 16.9 Å². The summed E-state index contributed by atoms with van der Waals surface area (Å²) in [6.07, 6.45) is 5.79. The fraction of sp³-hybridized carbons (Fsp3) is 0.421. The topological polar surface area (TPSA) is 76.8 Å². The molecule has 4 heterocycles. The zero-order valence-electron chi connectivity index (χ0n) is 15.3. The molecule has 0 aromatic carbocycles. The van der Waals surface area contributed by atoms with Crippen LogP contribution in [0.15, 0.2) is 24.8 Å². The molecule has 0 unspecified atom stereocenters. The third-order valence-electron chi connectivity index (χ3n) is 4.77. The fourth-order valence-corrected chi connectivity index (χ4v) is 3.41. The van der Waals surface area contributed by atoms with Gasteiger partial charge in [-0.05, 0) is 18.9 Å². The van der Waals surface area contributed by atoms with Crippen LogP contribution in [0.1, 0.15) is 41.2 Å². The minimum absolute atomic E-state index is 0.00934. The van der Waals surface area contributed by atoms with Crippen molar-refractivity contribution in [3.05, 3.63) is 47.3 Å². The van der Waals surface area contributed by atoms with E-state index >= 15 is 0 Å². The zero-order chi connectivity index (χ0) is 18.3. The lowest BCUT2D eigenvalue weighted by Gasteiger charge is -2.28. The average Bonchev–Trinajstić information content (AvgIpc) is 3.03. The van der Waals surface area contributed by atoms with E-state index in [0.717, 1.165) is 41.0 Å². The van der Waals surface area contributed by atoms with E-state index in [2.05, 4.69) is 33.9 Å². The minimum Gasteiger partial charge on any atom is -0.334 e. The van der Waals surface area contributed by atoms with Crippen molar-refractivity contribution in [2.24, 2.45) is 5.92 Å². The number of aromatic nitrogens is 5. The molecule has 1 amide bonds. The summed E-state index contributed by atoms with van der Waals surface area (Å²) in [6.45, 7) is 8.27. The molecule has 1 aliphatic rings. The Morgan fingerprint density at radius 3 is 2.88 bits per heavy atom. The lowest BCUT2D eigenvalue weighted by Crippen LogP contribution is -2.37. The van der Waals surface area contributed by atoms with Gasteiger partial charge in [-0.15, -0.1) is 0 Å². The fourth-order valence-electron chi connectivity index (χ4n) is 3.41. The molecule has 0 saturated carbocycles. The van der Waals surface area contributed by atoms with E-state index in [1.165, 1.54) is 0 Å². The van der Waals surface area contributed by atoms with Gasteiger partial charge in [0.1, 0.15) is 6.33 Å². The van der Waals surface area contributed by atoms with E-state index in [0.29, 0.717) is 24.6 Å². The molecule has 7 heteroatoms. The highest BCUT2D eigenvalue weighted by Crippen LogP contribution is 2.22. The summed E-state index contributed by atoms with van der Waals surface area (Å²) in [7, 11) is 0. The lowest BCUT2D eigenvalue weighted by atomic mass is 10.0. The molecule has 0 bridgehead atoms. The van der Waals surface area contributed by atoms with Crippen molar-refractivity contribution in [3.63, 3.8) is 0 Å². The molecule has 0 fully saturated rings. The summed E-state index contributed by atoms with van der Waals surface area (Å²) in [5.74, 6) is 0.477. The number of nitrogens with zero attached hydrogens (tertiary/aromatic N) is 6. The van der Waals surface area contributed by atoms with E-state index in [-0.39, 0.29) is 5.91 Å². The predicted molar refractivity (Wildman–Crippen MR) is 97.6 cm³/mol. The number of carbonyl (C=O) groups excluding carboxylic acids is 1. The largest absolute Gasteiger partial charge is 0.334 e. The van der Waals surface area contributed by atoms with Crippen LogP contribution in [0.3, 0.4) is 0 Å². The summed E-state index contributed by atoms with van der Waals surface area (Å²) < 4.78 is 1.89. The molecule has 26 heavy (non-hydrogen) atoms. The van der Waals surface area contributed by atoms with Crippen molar-refractivity contribution < 1.29 is 4.79 Å². The Morgan fingerprint density at radius 2 is 2.08 bits per heavy atom. The Kier molecular flexibility index (Phi) is 4.14. The first-order valence-electron chi connectivity index (χ1n) is 8.93. The second-order valence-electron chi connectivity index (χ2n) is 7.22. The molecular formula is C19H22N6O. The first kappa shape index (κ1) is 16.6. The maximum Gasteiger partial charge on any atom is 0.255 e. The van der Waals surface area contributed by atoms with Gasteiger partial charge in [-0.2, -0.15) is 5.10 Å². The van der Waals surface area contributed by atoms with Gasteiger partial charge in [-0.3, -0.25) is 4.79 Å². The minimum atomic E-state index is -0.00934. The zero-order valence-corrected chi connectivity index (χ0v) is 15.3. The maximum atomic E-state index is 13.0. The van der Waals surface area contributed by atoms with E-state index in [9.17, 15) is 4.79 Å². The molecule has 0 aliphatic carbocycles. The molecule has 0 atom stereocenters. The molecule has 134 valence electrons. The van der Waals surface area contributed by atoms with Crippen LogP contribution in [0.4, 0.5) is 0 Å². The Balaban J connectivity index is 1.60. The SMILES string of the molecule is Cc1ncnc2c1CN(C(=O)c1cnc3c(cnn3CC(C)C)c1)CC2. The number of fused-ring (bicyclic) bond motifs is 2. The van der Waals surface area contributed by atoms with Gasteiger partial charge in [0.05, 0.1) is 17.5 Å². The van der Waals surface area contributed by atoms with E-state index in [1.54, 1.807) is 18.7 Å². The second kappa shape index (κ2) is 6.48. The average molecular weight is 350 g/mol. The molecule has 3 aromatic rings. The van der Waals surface area contributed by atoms with Gasteiger partial charge in [0.25, 0.3) is 5.91 Å². The highest BCUT2D eigenvalue weighted by atomic mass is 16.2. The molecule has 1 aliphatic heterocycles. The van der Waals surface area contributed by atoms with Crippen LogP contribution in [0.25, 0.3) is 11.0 Å². The van der Waals surface area contributed by atoms with Crippen LogP contribution < -0.4 is 0 Å². The van der Waals surface area contributed by atoms with Gasteiger partial charge < -0.3 is 4.90 Å². The highest BCUT2D eigenvalue weighted by Gasteiger charge is 2.24. The van der Waals surface area contributed by atoms with E-state index in [4.69, 9.17) is 0 Å². The third kappa shape index (κ3) is 2.94. The third-order valence-corrected chi connectivity index (χ3v) is 4.77. The monoisotopic (exact) mass is 350 g/mol. The van der Waals surface area contributed by atoms with Crippen LogP contribution in [-0.4, -0.2) is 42.1 Å². The van der Waals surface area contributed by atoms with Crippen LogP contribution in [0.5, 0.6) is 0 Å². The molecule has 0 N–H and O–H groups in total. The van der Waals surface area contributed by atoms with E-state index < -0.39 is 0 Å². The standard InChI is InChI=1S/C19H22N6O/c1-12(2)9-25-18-14(8-23-25)6-15(7-20-18)19(26)24-5-4-17-16(10-24)13(3)21-11-22-17/h6-8,11-12H,4-5,9-10H2,1-3H3. The predicted octanol–water partition coefficient (Wildman–Crippen LogP) is 2.38. The molecular weight excluding hydrogens is 328 g/mol. The van der Waals surface area contributed by atoms with Crippen molar-refractivity contribution in [3.8, 4) is 0 Å². The van der Waals surface area contributed by atoms with Crippen molar-refractivity contribution in [1.82, 2.24) is 29.6 Å². The summed E-state index contributed by atoms with van der Waals surface area (Å²) in [4.78, 5) is 27.9. The number of aryl methyl sites for hydroxylation is 1. The highest BCUT2D eigenvalue weighted by molar-refractivity contribution is 5.97. The first-order chi connectivity index (χ1) is 12.5. The number of rotatable bonds is 3. The molecule has 4 rings (SSSR count). The smallest absolute Gasteiger partial charge is 0.255 e. The van der Waals surface area contributed by atoms with Gasteiger partial charge >= 0.3 is 0 Å². The van der Waals surface area contributed by atoms with Gasteiger partial charge in [0.2, 0.25) is 0 Å². The van der Waals surface area contributed by atoms with Gasteiger partial charge in [0, 0.05) is 48.9 Å². The number of carbonyl (C=O) groups is 1. The molecule has 7 nitrogen and oxygen atoms in total. The van der Waals surface area contributed by atoms with Crippen LogP contribution in [0.2, 0.25) is 0 Å². The summed E-state index contributed by atoms with van der Waals surface area (Å²) in [6, 6.07) is 1.89. The van der Waals surface area contributed by atoms with Crippen molar-refractivity contribution in [2.75, 3.05) is 6.54 Å². The Bertz CT molecular complexity index is 977. The molecule has 3 aromatic heterocycles. The lowest BCUT2D eigenvalue weighted by molar-refractivity contribution is 0.0732. The number of hydrogen-bond acceptors (Lipinski definition) is 5. The van der Waals surface area contributed by atoms with E-state index in [1.807, 2.05) is 22.6 Å². The van der Waals surface area contributed by atoms with Gasteiger partial charge in [0.15, 0.2) is 5.65 Å². The van der Waals surface area contributed by atoms with Crippen LogP contribution in [-0.2, 0) is 19.5 Å². The Labute approximate surface area is 152 Å². The Hall–Kier alpha value is -2.83. The normalized spacial score (nSPS) is 14.1. The number of pyridine rings is 1. The molecule has 0 radical (unpaired) electrons. The first-order valence-corrected chi connectivity index (χ1v) is 8.93. The second-order valence-corrected chi connectivity index (χ2v) is 7.22. The van der Waals surface area contributed by atoms with Gasteiger partial charge in [-0.25, -0.2) is 19.6 Å². The van der Waals surface area contributed by atoms with Crippen LogP contribution in [0, 0.1) is 12.8 Å². The molecule has 0 spiro atoms. The summed E-state index contributed by atoms with van der Waals surface area (Å²) in [5, 5.41) is 5.30. The Morgan fingerprint density at radius 1 is 1.23 bits per heavy atom. The van der Waals surface area contributed by atoms with Crippen molar-refractivity contribution in [1.29, 1.82) is 0 Å². The van der Waals surface area contributed by atoms with Crippen LogP contribution >= 0.6 is 0 Å². The van der Waals surface area contributed by atoms with Gasteiger partial charge in [-0.1, -0.05) is 13.8 Å². The number of amides is 1. The van der Waals surface area contributed by atoms with Crippen molar-refractivity contribution in [2.45, 2.75) is 40.3 Å². The number of hydrogen-bond donors (Lipinski definition) is 0.